The summed E-state index contributed by atoms with van der Waals surface area (Å²) in [6.07, 6.45) is 5.24. The van der Waals surface area contributed by atoms with Gasteiger partial charge in [0.15, 0.2) is 0 Å². The second-order valence-electron chi connectivity index (χ2n) is 5.34. The van der Waals surface area contributed by atoms with Crippen LogP contribution in [0.5, 0.6) is 0 Å². The average Bonchev–Trinajstić information content (AvgIpc) is 2.32. The maximum Gasteiger partial charge on any atom is 0.317 e. The molecule has 6 heteroatoms. The van der Waals surface area contributed by atoms with Crippen LogP contribution in [0.25, 0.3) is 0 Å². The Labute approximate surface area is 119 Å². The number of thioether (sulfide) groups is 1. The summed E-state index contributed by atoms with van der Waals surface area (Å²) in [5.74, 6) is 0.217. The Morgan fingerprint density at radius 1 is 1.47 bits per heavy atom. The van der Waals surface area contributed by atoms with Gasteiger partial charge in [0, 0.05) is 19.6 Å². The lowest BCUT2D eigenvalue weighted by Crippen LogP contribution is -2.51. The van der Waals surface area contributed by atoms with E-state index in [1.807, 2.05) is 13.2 Å². The number of carboxylic acids is 1. The van der Waals surface area contributed by atoms with E-state index >= 15 is 0 Å². The first-order valence-electron chi connectivity index (χ1n) is 6.66. The number of hydrogen-bond donors (Lipinski definition) is 2. The van der Waals surface area contributed by atoms with Crippen molar-refractivity contribution in [2.24, 2.45) is 5.41 Å². The average molecular weight is 288 g/mol. The molecule has 1 saturated carbocycles. The van der Waals surface area contributed by atoms with Crippen molar-refractivity contribution >= 4 is 23.8 Å². The lowest BCUT2D eigenvalue weighted by atomic mass is 9.69. The minimum Gasteiger partial charge on any atom is -0.481 e. The van der Waals surface area contributed by atoms with Gasteiger partial charge in [-0.25, -0.2) is 4.79 Å². The predicted octanol–water partition coefficient (Wildman–Crippen LogP) is 2.02. The molecule has 5 nitrogen and oxygen atoms in total. The zero-order chi connectivity index (χ0) is 14.5. The lowest BCUT2D eigenvalue weighted by molar-refractivity contribution is -0.153. The Bertz CT molecular complexity index is 332. The summed E-state index contributed by atoms with van der Waals surface area (Å²) in [7, 11) is 1.76. The Morgan fingerprint density at radius 2 is 2.11 bits per heavy atom. The summed E-state index contributed by atoms with van der Waals surface area (Å²) in [5.41, 5.74) is -0.723. The molecule has 1 rings (SSSR count). The number of aliphatic carboxylic acids is 1. The van der Waals surface area contributed by atoms with E-state index in [1.165, 1.54) is 0 Å². The predicted molar refractivity (Wildman–Crippen MR) is 77.5 cm³/mol. The van der Waals surface area contributed by atoms with E-state index in [0.717, 1.165) is 18.6 Å². The number of carboxylic acid groups (broad SMARTS) is 1. The molecule has 1 atom stereocenters. The molecule has 0 aromatic carbocycles. The van der Waals surface area contributed by atoms with Crippen LogP contribution < -0.4 is 5.32 Å². The normalized spacial score (nSPS) is 18.3. The lowest BCUT2D eigenvalue weighted by Gasteiger charge is -2.38. The fourth-order valence-electron chi connectivity index (χ4n) is 2.12. The number of hydrogen-bond acceptors (Lipinski definition) is 3. The first-order valence-corrected chi connectivity index (χ1v) is 8.05. The largest absolute Gasteiger partial charge is 0.481 e. The molecule has 1 unspecified atom stereocenters. The topological polar surface area (TPSA) is 69.6 Å². The fraction of sp³-hybridized carbons (Fsp3) is 0.846. The molecule has 1 fully saturated rings. The second-order valence-corrected chi connectivity index (χ2v) is 6.32. The Hall–Kier alpha value is -0.910. The maximum atomic E-state index is 12.0. The van der Waals surface area contributed by atoms with Gasteiger partial charge in [0.05, 0.1) is 5.41 Å². The zero-order valence-corrected chi connectivity index (χ0v) is 12.8. The van der Waals surface area contributed by atoms with E-state index in [4.69, 9.17) is 0 Å². The van der Waals surface area contributed by atoms with E-state index in [9.17, 15) is 14.7 Å². The molecule has 110 valence electrons. The molecule has 0 aromatic heterocycles. The van der Waals surface area contributed by atoms with E-state index in [-0.39, 0.29) is 18.6 Å². The maximum absolute atomic E-state index is 12.0. The van der Waals surface area contributed by atoms with Gasteiger partial charge >= 0.3 is 12.0 Å². The van der Waals surface area contributed by atoms with Crippen LogP contribution in [0.4, 0.5) is 4.79 Å². The molecule has 19 heavy (non-hydrogen) atoms. The van der Waals surface area contributed by atoms with E-state index in [1.54, 1.807) is 23.7 Å². The molecule has 2 amide bonds. The van der Waals surface area contributed by atoms with Crippen LogP contribution in [0.1, 0.15) is 32.6 Å². The Balaban J connectivity index is 2.40. The third kappa shape index (κ3) is 4.03. The molecule has 0 radical (unpaired) electrons. The smallest absolute Gasteiger partial charge is 0.317 e. The van der Waals surface area contributed by atoms with Crippen LogP contribution in [-0.4, -0.2) is 53.6 Å². The van der Waals surface area contributed by atoms with Gasteiger partial charge in [-0.15, -0.1) is 0 Å². The highest BCUT2D eigenvalue weighted by atomic mass is 32.2. The van der Waals surface area contributed by atoms with Gasteiger partial charge in [-0.05, 0) is 38.2 Å². The van der Waals surface area contributed by atoms with Gasteiger partial charge in [-0.2, -0.15) is 11.8 Å². The molecule has 1 aliphatic carbocycles. The molecule has 0 aliphatic heterocycles. The van der Waals surface area contributed by atoms with Crippen LogP contribution in [0, 0.1) is 5.41 Å². The monoisotopic (exact) mass is 288 g/mol. The van der Waals surface area contributed by atoms with Crippen LogP contribution in [0.2, 0.25) is 0 Å². The molecule has 0 spiro atoms. The highest BCUT2D eigenvalue weighted by molar-refractivity contribution is 7.98. The number of urea groups is 1. The number of carbonyl (C=O) groups is 2. The van der Waals surface area contributed by atoms with Crippen molar-refractivity contribution in [3.63, 3.8) is 0 Å². The molecular weight excluding hydrogens is 264 g/mol. The molecule has 2 N–H and O–H groups in total. The fourth-order valence-corrected chi connectivity index (χ4v) is 2.70. The van der Waals surface area contributed by atoms with Gasteiger partial charge < -0.3 is 15.3 Å². The minimum absolute atomic E-state index is 0.162. The van der Waals surface area contributed by atoms with Gasteiger partial charge in [0.25, 0.3) is 0 Å². The third-order valence-electron chi connectivity index (χ3n) is 4.06. The number of rotatable bonds is 7. The van der Waals surface area contributed by atoms with Crippen molar-refractivity contribution in [3.05, 3.63) is 0 Å². The quantitative estimate of drug-likeness (QED) is 0.752. The third-order valence-corrected chi connectivity index (χ3v) is 4.71. The van der Waals surface area contributed by atoms with Gasteiger partial charge in [-0.1, -0.05) is 6.42 Å². The van der Waals surface area contributed by atoms with Gasteiger partial charge in [0.1, 0.15) is 0 Å². The molecule has 0 aromatic rings. The Morgan fingerprint density at radius 3 is 2.53 bits per heavy atom. The summed E-state index contributed by atoms with van der Waals surface area (Å²) < 4.78 is 0. The summed E-state index contributed by atoms with van der Waals surface area (Å²) in [5, 5.41) is 12.0. The highest BCUT2D eigenvalue weighted by Crippen LogP contribution is 2.40. The number of amides is 2. The minimum atomic E-state index is -0.794. The van der Waals surface area contributed by atoms with E-state index in [2.05, 4.69) is 5.32 Å². The number of carbonyl (C=O) groups excluding carboxylic acids is 1. The van der Waals surface area contributed by atoms with Crippen molar-refractivity contribution in [1.29, 1.82) is 0 Å². The zero-order valence-electron chi connectivity index (χ0n) is 11.9. The van der Waals surface area contributed by atoms with Crippen molar-refractivity contribution in [1.82, 2.24) is 10.2 Å². The van der Waals surface area contributed by atoms with Crippen LogP contribution in [-0.2, 0) is 4.79 Å². The van der Waals surface area contributed by atoms with Crippen LogP contribution in [0.3, 0.4) is 0 Å². The standard InChI is InChI=1S/C13H24N2O3S/c1-10(5-8-19-3)15(2)12(18)14-9-13(11(16)17)6-4-7-13/h10H,4-9H2,1-3H3,(H,14,18)(H,16,17). The number of nitrogens with zero attached hydrogens (tertiary/aromatic N) is 1. The molecule has 0 saturated heterocycles. The molecule has 0 bridgehead atoms. The Kier molecular flexibility index (Phi) is 5.97. The van der Waals surface area contributed by atoms with Crippen molar-refractivity contribution in [2.45, 2.75) is 38.6 Å². The summed E-state index contributed by atoms with van der Waals surface area (Å²) >= 11 is 1.76. The first kappa shape index (κ1) is 16.1. The SMILES string of the molecule is CSCCC(C)N(C)C(=O)NCC1(C(=O)O)CCC1. The van der Waals surface area contributed by atoms with Crippen molar-refractivity contribution in [3.8, 4) is 0 Å². The molecule has 1 aliphatic rings. The van der Waals surface area contributed by atoms with Crippen molar-refractivity contribution in [2.75, 3.05) is 25.6 Å². The second kappa shape index (κ2) is 7.03. The van der Waals surface area contributed by atoms with Gasteiger partial charge in [0.2, 0.25) is 0 Å². The first-order chi connectivity index (χ1) is 8.93. The van der Waals surface area contributed by atoms with E-state index < -0.39 is 11.4 Å². The summed E-state index contributed by atoms with van der Waals surface area (Å²) in [6.45, 7) is 2.24. The van der Waals surface area contributed by atoms with Crippen LogP contribution in [0.15, 0.2) is 0 Å². The van der Waals surface area contributed by atoms with E-state index in [0.29, 0.717) is 12.8 Å². The van der Waals surface area contributed by atoms with Crippen LogP contribution >= 0.6 is 11.8 Å². The van der Waals surface area contributed by atoms with Crippen molar-refractivity contribution < 1.29 is 14.7 Å². The molecule has 0 heterocycles. The number of nitrogens with one attached hydrogen (secondary N) is 1. The summed E-state index contributed by atoms with van der Waals surface area (Å²) in [4.78, 5) is 24.8. The summed E-state index contributed by atoms with van der Waals surface area (Å²) in [6, 6.07) is -0.0178. The molecular formula is C13H24N2O3S. The highest BCUT2D eigenvalue weighted by Gasteiger charge is 2.44. The van der Waals surface area contributed by atoms with Gasteiger partial charge in [-0.3, -0.25) is 4.79 Å².